The standard InChI is InChI=1S/C15H21N3O4S/c1-15(2,3)22-14(19)17-8-4-5-12(10-17)23-13-7-6-11(9-16-13)18(20)21/h6-7,9,12H,4-5,8,10H2,1-3H3. The van der Waals surface area contributed by atoms with Crippen LogP contribution in [0.2, 0.25) is 0 Å². The number of piperidine rings is 1. The van der Waals surface area contributed by atoms with Gasteiger partial charge in [0, 0.05) is 24.4 Å². The van der Waals surface area contributed by atoms with E-state index in [2.05, 4.69) is 4.98 Å². The molecule has 1 aliphatic rings. The number of carbonyl (C=O) groups excluding carboxylic acids is 1. The summed E-state index contributed by atoms with van der Waals surface area (Å²) < 4.78 is 5.40. The van der Waals surface area contributed by atoms with Crippen LogP contribution in [0.15, 0.2) is 23.4 Å². The molecule has 8 heteroatoms. The Hall–Kier alpha value is -1.83. The predicted molar refractivity (Wildman–Crippen MR) is 87.6 cm³/mol. The third kappa shape index (κ3) is 5.38. The maximum Gasteiger partial charge on any atom is 0.410 e. The molecule has 1 aliphatic heterocycles. The van der Waals surface area contributed by atoms with Crippen molar-refractivity contribution in [3.05, 3.63) is 28.4 Å². The molecule has 1 fully saturated rings. The summed E-state index contributed by atoms with van der Waals surface area (Å²) in [6.45, 7) is 6.84. The number of pyridine rings is 1. The molecule has 0 saturated carbocycles. The summed E-state index contributed by atoms with van der Waals surface area (Å²) in [4.78, 5) is 28.1. The predicted octanol–water partition coefficient (Wildman–Crippen LogP) is 3.48. The maximum atomic E-state index is 12.1. The van der Waals surface area contributed by atoms with Gasteiger partial charge in [0.2, 0.25) is 0 Å². The van der Waals surface area contributed by atoms with E-state index in [-0.39, 0.29) is 17.0 Å². The van der Waals surface area contributed by atoms with E-state index in [0.29, 0.717) is 13.1 Å². The quantitative estimate of drug-likeness (QED) is 0.619. The molecule has 2 rings (SSSR count). The maximum absolute atomic E-state index is 12.1. The van der Waals surface area contributed by atoms with E-state index >= 15 is 0 Å². The molecule has 0 aromatic carbocycles. The molecular weight excluding hydrogens is 318 g/mol. The van der Waals surface area contributed by atoms with Gasteiger partial charge < -0.3 is 9.64 Å². The molecule has 1 atom stereocenters. The summed E-state index contributed by atoms with van der Waals surface area (Å²) in [5.74, 6) is 0. The Bertz CT molecular complexity index is 571. The van der Waals surface area contributed by atoms with Crippen LogP contribution in [0, 0.1) is 10.1 Å². The Morgan fingerprint density at radius 3 is 2.78 bits per heavy atom. The van der Waals surface area contributed by atoms with Gasteiger partial charge in [-0.2, -0.15) is 0 Å². The summed E-state index contributed by atoms with van der Waals surface area (Å²) in [7, 11) is 0. The van der Waals surface area contributed by atoms with Crippen LogP contribution in [0.25, 0.3) is 0 Å². The summed E-state index contributed by atoms with van der Waals surface area (Å²) in [6, 6.07) is 3.10. The molecule has 1 amide bonds. The number of ether oxygens (including phenoxy) is 1. The molecule has 2 heterocycles. The summed E-state index contributed by atoms with van der Waals surface area (Å²) in [5.41, 5.74) is -0.523. The molecule has 7 nitrogen and oxygen atoms in total. The Balaban J connectivity index is 1.93. The Kier molecular flexibility index (Phi) is 5.46. The number of thioether (sulfide) groups is 1. The number of aromatic nitrogens is 1. The molecular formula is C15H21N3O4S. The number of hydrogen-bond donors (Lipinski definition) is 0. The average Bonchev–Trinajstić information content (AvgIpc) is 2.46. The van der Waals surface area contributed by atoms with Crippen molar-refractivity contribution in [1.29, 1.82) is 0 Å². The largest absolute Gasteiger partial charge is 0.444 e. The van der Waals surface area contributed by atoms with Crippen LogP contribution in [-0.2, 0) is 4.74 Å². The minimum atomic E-state index is -0.503. The normalized spacial score (nSPS) is 18.6. The molecule has 1 aromatic rings. The van der Waals surface area contributed by atoms with Gasteiger partial charge in [-0.25, -0.2) is 9.78 Å². The van der Waals surface area contributed by atoms with Crippen molar-refractivity contribution in [2.45, 2.75) is 49.5 Å². The number of likely N-dealkylation sites (tertiary alicyclic amines) is 1. The van der Waals surface area contributed by atoms with Gasteiger partial charge in [0.15, 0.2) is 0 Å². The molecule has 0 spiro atoms. The van der Waals surface area contributed by atoms with Crippen molar-refractivity contribution in [1.82, 2.24) is 9.88 Å². The van der Waals surface area contributed by atoms with Gasteiger partial charge in [0.25, 0.3) is 5.69 Å². The third-order valence-corrected chi connectivity index (χ3v) is 4.45. The highest BCUT2D eigenvalue weighted by molar-refractivity contribution is 7.99. The van der Waals surface area contributed by atoms with Crippen molar-refractivity contribution in [3.63, 3.8) is 0 Å². The van der Waals surface area contributed by atoms with Gasteiger partial charge in [-0.1, -0.05) is 0 Å². The average molecular weight is 339 g/mol. The smallest absolute Gasteiger partial charge is 0.410 e. The third-order valence-electron chi connectivity index (χ3n) is 3.25. The lowest BCUT2D eigenvalue weighted by Crippen LogP contribution is -2.43. The van der Waals surface area contributed by atoms with Crippen LogP contribution >= 0.6 is 11.8 Å². The highest BCUT2D eigenvalue weighted by Gasteiger charge is 2.28. The summed E-state index contributed by atoms with van der Waals surface area (Å²) in [5, 5.41) is 11.6. The minimum Gasteiger partial charge on any atom is -0.444 e. The number of amides is 1. The minimum absolute atomic E-state index is 0.0200. The van der Waals surface area contributed by atoms with Crippen LogP contribution in [0.3, 0.4) is 0 Å². The number of nitro groups is 1. The van der Waals surface area contributed by atoms with E-state index in [0.717, 1.165) is 17.9 Å². The van der Waals surface area contributed by atoms with E-state index in [1.54, 1.807) is 22.7 Å². The summed E-state index contributed by atoms with van der Waals surface area (Å²) in [6.07, 6.45) is 2.85. The fourth-order valence-corrected chi connectivity index (χ4v) is 3.39. The lowest BCUT2D eigenvalue weighted by molar-refractivity contribution is -0.385. The highest BCUT2D eigenvalue weighted by atomic mass is 32.2. The van der Waals surface area contributed by atoms with Crippen LogP contribution in [0.1, 0.15) is 33.6 Å². The zero-order valence-corrected chi connectivity index (χ0v) is 14.3. The fourth-order valence-electron chi connectivity index (χ4n) is 2.25. The van der Waals surface area contributed by atoms with E-state index < -0.39 is 10.5 Å². The van der Waals surface area contributed by atoms with Crippen molar-refractivity contribution in [3.8, 4) is 0 Å². The second-order valence-corrected chi connectivity index (χ2v) is 7.74. The second kappa shape index (κ2) is 7.16. The van der Waals surface area contributed by atoms with Gasteiger partial charge in [-0.15, -0.1) is 11.8 Å². The first-order valence-electron chi connectivity index (χ1n) is 7.49. The highest BCUT2D eigenvalue weighted by Crippen LogP contribution is 2.29. The molecule has 126 valence electrons. The van der Waals surface area contributed by atoms with Gasteiger partial charge in [-0.05, 0) is 39.7 Å². The monoisotopic (exact) mass is 339 g/mol. The fraction of sp³-hybridized carbons (Fsp3) is 0.600. The second-order valence-electron chi connectivity index (χ2n) is 6.42. The number of rotatable bonds is 3. The lowest BCUT2D eigenvalue weighted by atomic mass is 10.1. The van der Waals surface area contributed by atoms with Crippen LogP contribution in [0.5, 0.6) is 0 Å². The van der Waals surface area contributed by atoms with E-state index in [9.17, 15) is 14.9 Å². The topological polar surface area (TPSA) is 85.6 Å². The molecule has 0 aliphatic carbocycles. The molecule has 0 radical (unpaired) electrons. The van der Waals surface area contributed by atoms with Crippen molar-refractivity contribution in [2.75, 3.05) is 13.1 Å². The first-order valence-corrected chi connectivity index (χ1v) is 8.37. The molecule has 0 bridgehead atoms. The van der Waals surface area contributed by atoms with Crippen molar-refractivity contribution >= 4 is 23.5 Å². The Morgan fingerprint density at radius 2 is 2.22 bits per heavy atom. The van der Waals surface area contributed by atoms with Crippen LogP contribution < -0.4 is 0 Å². The first-order chi connectivity index (χ1) is 10.7. The van der Waals surface area contributed by atoms with Crippen molar-refractivity contribution < 1.29 is 14.5 Å². The van der Waals surface area contributed by atoms with Crippen molar-refractivity contribution in [2.24, 2.45) is 0 Å². The number of hydrogen-bond acceptors (Lipinski definition) is 6. The Labute approximate surface area is 139 Å². The van der Waals surface area contributed by atoms with Crippen LogP contribution in [-0.4, -0.2) is 44.8 Å². The van der Waals surface area contributed by atoms with Gasteiger partial charge >= 0.3 is 6.09 Å². The SMILES string of the molecule is CC(C)(C)OC(=O)N1CCCC(Sc2ccc([N+](=O)[O-])cn2)C1. The van der Waals surface area contributed by atoms with E-state index in [4.69, 9.17) is 4.74 Å². The molecule has 0 N–H and O–H groups in total. The number of nitrogens with zero attached hydrogens (tertiary/aromatic N) is 3. The molecule has 1 saturated heterocycles. The molecule has 1 aromatic heterocycles. The lowest BCUT2D eigenvalue weighted by Gasteiger charge is -2.33. The summed E-state index contributed by atoms with van der Waals surface area (Å²) >= 11 is 1.54. The van der Waals surface area contributed by atoms with Gasteiger partial charge in [0.05, 0.1) is 9.95 Å². The Morgan fingerprint density at radius 1 is 1.48 bits per heavy atom. The number of carbonyl (C=O) groups is 1. The molecule has 1 unspecified atom stereocenters. The first kappa shape index (κ1) is 17.5. The zero-order chi connectivity index (χ0) is 17.0. The van der Waals surface area contributed by atoms with E-state index in [1.165, 1.54) is 12.3 Å². The zero-order valence-electron chi connectivity index (χ0n) is 13.5. The van der Waals surface area contributed by atoms with Gasteiger partial charge in [-0.3, -0.25) is 10.1 Å². The van der Waals surface area contributed by atoms with Crippen LogP contribution in [0.4, 0.5) is 10.5 Å². The van der Waals surface area contributed by atoms with E-state index in [1.807, 2.05) is 20.8 Å². The molecule has 23 heavy (non-hydrogen) atoms. The van der Waals surface area contributed by atoms with Gasteiger partial charge in [0.1, 0.15) is 11.8 Å².